The van der Waals surface area contributed by atoms with Crippen molar-refractivity contribution in [3.8, 4) is 16.5 Å². The maximum Gasteiger partial charge on any atom is 0.244 e. The number of nitriles is 1. The van der Waals surface area contributed by atoms with Gasteiger partial charge in [0.15, 0.2) is 0 Å². The summed E-state index contributed by atoms with van der Waals surface area (Å²) < 4.78 is 0. The molecule has 4 nitrogen and oxygen atoms in total. The molecule has 0 atom stereocenters. The molecule has 94 valence electrons. The average molecular weight is 269 g/mol. The van der Waals surface area contributed by atoms with Gasteiger partial charge < -0.3 is 5.73 Å². The summed E-state index contributed by atoms with van der Waals surface area (Å²) in [6.45, 7) is 1.69. The Morgan fingerprint density at radius 2 is 2.21 bits per heavy atom. The molecule has 0 saturated heterocycles. The number of amides is 1. The second-order valence-electron chi connectivity index (χ2n) is 3.94. The predicted molar refractivity (Wildman–Crippen MR) is 75.1 cm³/mol. The molecule has 0 aliphatic heterocycles. The number of carbonyl (C=O) groups excluding carboxylic acids is 1. The predicted octanol–water partition coefficient (Wildman–Crippen LogP) is 2.57. The lowest BCUT2D eigenvalue weighted by Gasteiger charge is -1.96. The van der Waals surface area contributed by atoms with Crippen molar-refractivity contribution < 1.29 is 4.79 Å². The van der Waals surface area contributed by atoms with Crippen molar-refractivity contribution in [3.63, 3.8) is 0 Å². The van der Waals surface area contributed by atoms with Crippen LogP contribution in [0.15, 0.2) is 36.0 Å². The Morgan fingerprint density at radius 1 is 1.42 bits per heavy atom. The van der Waals surface area contributed by atoms with Crippen LogP contribution in [0.3, 0.4) is 0 Å². The van der Waals surface area contributed by atoms with Gasteiger partial charge >= 0.3 is 0 Å². The van der Waals surface area contributed by atoms with E-state index >= 15 is 0 Å². The molecule has 0 aromatic carbocycles. The molecule has 2 aromatic heterocycles. The van der Waals surface area contributed by atoms with Gasteiger partial charge in [0, 0.05) is 27.1 Å². The van der Waals surface area contributed by atoms with Crippen LogP contribution in [0.5, 0.6) is 0 Å². The van der Waals surface area contributed by atoms with Crippen LogP contribution in [0.25, 0.3) is 16.5 Å². The fourth-order valence-corrected chi connectivity index (χ4v) is 2.48. The molecule has 0 aliphatic carbocycles. The number of hydrogen-bond donors (Lipinski definition) is 1. The van der Waals surface area contributed by atoms with E-state index in [0.29, 0.717) is 11.3 Å². The van der Waals surface area contributed by atoms with Crippen LogP contribution in [0.1, 0.15) is 17.5 Å². The second-order valence-corrected chi connectivity index (χ2v) is 5.05. The van der Waals surface area contributed by atoms with E-state index in [2.05, 4.69) is 4.98 Å². The van der Waals surface area contributed by atoms with Gasteiger partial charge in [-0.05, 0) is 37.3 Å². The lowest BCUT2D eigenvalue weighted by atomic mass is 10.2. The number of thiophene rings is 1. The van der Waals surface area contributed by atoms with Gasteiger partial charge in [-0.2, -0.15) is 5.26 Å². The summed E-state index contributed by atoms with van der Waals surface area (Å²) in [5, 5.41) is 8.69. The minimum Gasteiger partial charge on any atom is -0.366 e. The Labute approximate surface area is 114 Å². The number of carbonyl (C=O) groups is 1. The highest BCUT2D eigenvalue weighted by atomic mass is 32.1. The average Bonchev–Trinajstić information content (AvgIpc) is 2.87. The number of primary amides is 1. The van der Waals surface area contributed by atoms with Gasteiger partial charge in [-0.1, -0.05) is 0 Å². The van der Waals surface area contributed by atoms with E-state index in [1.54, 1.807) is 25.3 Å². The van der Waals surface area contributed by atoms with E-state index < -0.39 is 5.91 Å². The zero-order valence-electron chi connectivity index (χ0n) is 10.3. The maximum atomic E-state index is 11.0. The molecule has 2 N–H and O–H groups in total. The molecule has 0 bridgehead atoms. The minimum atomic E-state index is -0.421. The normalized spacial score (nSPS) is 11.1. The van der Waals surface area contributed by atoms with Crippen molar-refractivity contribution in [1.29, 1.82) is 5.26 Å². The Morgan fingerprint density at radius 3 is 2.79 bits per heavy atom. The largest absolute Gasteiger partial charge is 0.366 e. The van der Waals surface area contributed by atoms with E-state index in [9.17, 15) is 4.79 Å². The summed E-state index contributed by atoms with van der Waals surface area (Å²) in [5.74, 6) is -0.421. The van der Waals surface area contributed by atoms with E-state index in [0.717, 1.165) is 15.3 Å². The minimum absolute atomic E-state index is 0.394. The molecule has 2 aromatic rings. The fourth-order valence-electron chi connectivity index (χ4n) is 1.48. The monoisotopic (exact) mass is 269 g/mol. The van der Waals surface area contributed by atoms with Crippen molar-refractivity contribution in [2.24, 2.45) is 5.73 Å². The molecule has 0 aliphatic rings. The highest BCUT2D eigenvalue weighted by Crippen LogP contribution is 2.28. The molecule has 5 heteroatoms. The van der Waals surface area contributed by atoms with Gasteiger partial charge in [0.1, 0.15) is 11.8 Å². The number of nitrogens with two attached hydrogens (primary N) is 1. The summed E-state index contributed by atoms with van der Waals surface area (Å²) in [6, 6.07) is 9.39. The standard InChI is InChI=1S/C14H11N3OS/c1-9(14(16)18)6-12-4-5-13(19-12)10-2-3-11(7-15)17-8-10/h2-6,8H,1H3,(H2,16,18)/b9-6+. The van der Waals surface area contributed by atoms with E-state index in [4.69, 9.17) is 11.0 Å². The first-order chi connectivity index (χ1) is 9.10. The molecule has 0 unspecified atom stereocenters. The van der Waals surface area contributed by atoms with E-state index in [-0.39, 0.29) is 0 Å². The van der Waals surface area contributed by atoms with Gasteiger partial charge in [0.25, 0.3) is 0 Å². The Bertz CT molecular complexity index is 677. The first kappa shape index (κ1) is 13.0. The molecule has 1 amide bonds. The van der Waals surface area contributed by atoms with E-state index in [1.165, 1.54) is 11.3 Å². The topological polar surface area (TPSA) is 79.8 Å². The third-order valence-electron chi connectivity index (χ3n) is 2.54. The number of hydrogen-bond acceptors (Lipinski definition) is 4. The number of nitrogens with zero attached hydrogens (tertiary/aromatic N) is 2. The lowest BCUT2D eigenvalue weighted by molar-refractivity contribution is -0.114. The smallest absolute Gasteiger partial charge is 0.244 e. The SMILES string of the molecule is C/C(=C\c1ccc(-c2ccc(C#N)nc2)s1)C(N)=O. The van der Waals surface area contributed by atoms with E-state index in [1.807, 2.05) is 24.3 Å². The van der Waals surface area contributed by atoms with Crippen LogP contribution in [-0.4, -0.2) is 10.9 Å². The van der Waals surface area contributed by atoms with Crippen molar-refractivity contribution in [2.45, 2.75) is 6.92 Å². The first-order valence-electron chi connectivity index (χ1n) is 5.54. The van der Waals surface area contributed by atoms with Crippen LogP contribution in [0.4, 0.5) is 0 Å². The highest BCUT2D eigenvalue weighted by Gasteiger charge is 2.04. The quantitative estimate of drug-likeness (QED) is 0.869. The Kier molecular flexibility index (Phi) is 3.74. The van der Waals surface area contributed by atoms with Crippen molar-refractivity contribution >= 4 is 23.3 Å². The number of rotatable bonds is 3. The molecule has 0 saturated carbocycles. The van der Waals surface area contributed by atoms with Crippen LogP contribution >= 0.6 is 11.3 Å². The summed E-state index contributed by atoms with van der Waals surface area (Å²) in [5.41, 5.74) is 7.05. The van der Waals surface area contributed by atoms with Gasteiger partial charge in [0.05, 0.1) is 0 Å². The van der Waals surface area contributed by atoms with Crippen molar-refractivity contribution in [3.05, 3.63) is 46.6 Å². The summed E-state index contributed by atoms with van der Waals surface area (Å²) in [4.78, 5) is 17.0. The van der Waals surface area contributed by atoms with Crippen LogP contribution in [0.2, 0.25) is 0 Å². The van der Waals surface area contributed by atoms with Crippen molar-refractivity contribution in [2.75, 3.05) is 0 Å². The Balaban J connectivity index is 2.28. The van der Waals surface area contributed by atoms with Crippen LogP contribution in [-0.2, 0) is 4.79 Å². The zero-order chi connectivity index (χ0) is 13.8. The third kappa shape index (κ3) is 3.06. The second kappa shape index (κ2) is 5.46. The summed E-state index contributed by atoms with van der Waals surface area (Å²) in [6.07, 6.45) is 3.42. The molecule has 2 heterocycles. The lowest BCUT2D eigenvalue weighted by Crippen LogP contribution is -2.11. The molecular weight excluding hydrogens is 258 g/mol. The molecule has 19 heavy (non-hydrogen) atoms. The number of aromatic nitrogens is 1. The highest BCUT2D eigenvalue weighted by molar-refractivity contribution is 7.16. The van der Waals surface area contributed by atoms with Crippen molar-refractivity contribution in [1.82, 2.24) is 4.98 Å². The first-order valence-corrected chi connectivity index (χ1v) is 6.36. The molecule has 0 radical (unpaired) electrons. The van der Waals surface area contributed by atoms with Gasteiger partial charge in [-0.15, -0.1) is 11.3 Å². The number of pyridine rings is 1. The third-order valence-corrected chi connectivity index (χ3v) is 3.62. The molecular formula is C14H11N3OS. The van der Waals surface area contributed by atoms with Crippen LogP contribution in [0, 0.1) is 11.3 Å². The van der Waals surface area contributed by atoms with Gasteiger partial charge in [-0.25, -0.2) is 4.98 Å². The molecule has 0 spiro atoms. The molecule has 2 rings (SSSR count). The van der Waals surface area contributed by atoms with Crippen LogP contribution < -0.4 is 5.73 Å². The Hall–Kier alpha value is -2.45. The van der Waals surface area contributed by atoms with Gasteiger partial charge in [0.2, 0.25) is 5.91 Å². The maximum absolute atomic E-state index is 11.0. The summed E-state index contributed by atoms with van der Waals surface area (Å²) in [7, 11) is 0. The zero-order valence-corrected chi connectivity index (χ0v) is 11.1. The van der Waals surface area contributed by atoms with Gasteiger partial charge in [-0.3, -0.25) is 4.79 Å². The summed E-state index contributed by atoms with van der Waals surface area (Å²) >= 11 is 1.54. The molecule has 0 fully saturated rings. The fraction of sp³-hybridized carbons (Fsp3) is 0.0714.